The van der Waals surface area contributed by atoms with Crippen molar-refractivity contribution in [2.75, 3.05) is 11.4 Å². The van der Waals surface area contributed by atoms with Gasteiger partial charge in [0.25, 0.3) is 10.9 Å². The molecule has 3 aromatic rings. The van der Waals surface area contributed by atoms with E-state index < -0.39 is 10.2 Å². The Bertz CT molecular complexity index is 1050. The minimum Gasteiger partial charge on any atom is -0.411 e. The summed E-state index contributed by atoms with van der Waals surface area (Å²) in [5.74, 6) is 0.155. The quantitative estimate of drug-likeness (QED) is 0.368. The lowest BCUT2D eigenvalue weighted by molar-refractivity contribution is -0.384. The second-order valence-electron chi connectivity index (χ2n) is 6.31. The first-order valence-electron chi connectivity index (χ1n) is 8.67. The summed E-state index contributed by atoms with van der Waals surface area (Å²) in [5, 5.41) is 18.7. The Hall–Kier alpha value is -3.20. The number of carbonyl (C=O) groups is 1. The van der Waals surface area contributed by atoms with Crippen LogP contribution in [0.5, 0.6) is 0 Å². The molecule has 0 saturated heterocycles. The number of anilines is 1. The maximum atomic E-state index is 12.8. The van der Waals surface area contributed by atoms with E-state index in [0.29, 0.717) is 12.1 Å². The van der Waals surface area contributed by atoms with E-state index in [0.717, 1.165) is 12.1 Å². The van der Waals surface area contributed by atoms with Gasteiger partial charge in [-0.1, -0.05) is 36.0 Å². The Morgan fingerprint density at radius 2 is 2.07 bits per heavy atom. The van der Waals surface area contributed by atoms with Gasteiger partial charge in [0.1, 0.15) is 0 Å². The first-order chi connectivity index (χ1) is 13.5. The largest absolute Gasteiger partial charge is 0.411 e. The summed E-state index contributed by atoms with van der Waals surface area (Å²) in [5.41, 5.74) is 2.52. The number of amides is 1. The molecule has 0 aliphatic carbocycles. The number of para-hydroxylation sites is 1. The minimum atomic E-state index is -0.482. The lowest BCUT2D eigenvalue weighted by Gasteiger charge is -2.20. The van der Waals surface area contributed by atoms with Crippen LogP contribution < -0.4 is 4.90 Å². The van der Waals surface area contributed by atoms with Crippen LogP contribution in [0, 0.1) is 10.1 Å². The van der Waals surface area contributed by atoms with Crippen LogP contribution in [0.4, 0.5) is 11.4 Å². The van der Waals surface area contributed by atoms with E-state index in [9.17, 15) is 14.9 Å². The van der Waals surface area contributed by atoms with Crippen LogP contribution in [0.25, 0.3) is 11.5 Å². The summed E-state index contributed by atoms with van der Waals surface area (Å²) in [6, 6.07) is 13.9. The number of hydrogen-bond donors (Lipinski definition) is 0. The van der Waals surface area contributed by atoms with Gasteiger partial charge in [-0.25, -0.2) is 0 Å². The summed E-state index contributed by atoms with van der Waals surface area (Å²) in [6.45, 7) is 2.46. The zero-order chi connectivity index (χ0) is 19.7. The number of non-ortho nitro benzene ring substituents is 1. The molecular weight excluding hydrogens is 380 g/mol. The molecule has 0 saturated carbocycles. The SMILES string of the molecule is C[C@@H](Sc1nnc(-c2cccc([N+](=O)[O-])c2)o1)C(=O)N1CCc2ccccc21. The third-order valence-electron chi connectivity index (χ3n) is 4.49. The van der Waals surface area contributed by atoms with Crippen LogP contribution in [0.3, 0.4) is 0 Å². The highest BCUT2D eigenvalue weighted by molar-refractivity contribution is 8.00. The molecule has 8 nitrogen and oxygen atoms in total. The van der Waals surface area contributed by atoms with Crippen LogP contribution in [-0.4, -0.2) is 32.8 Å². The predicted octanol–water partition coefficient (Wildman–Crippen LogP) is 3.71. The Kier molecular flexibility index (Phi) is 4.82. The highest BCUT2D eigenvalue weighted by atomic mass is 32.2. The highest BCUT2D eigenvalue weighted by Crippen LogP contribution is 2.32. The molecule has 0 N–H and O–H groups in total. The zero-order valence-corrected chi connectivity index (χ0v) is 15.8. The fraction of sp³-hybridized carbons (Fsp3) is 0.211. The average Bonchev–Trinajstić information content (AvgIpc) is 3.34. The Labute approximate surface area is 164 Å². The summed E-state index contributed by atoms with van der Waals surface area (Å²) in [4.78, 5) is 25.1. The van der Waals surface area contributed by atoms with Gasteiger partial charge >= 0.3 is 0 Å². The first kappa shape index (κ1) is 18.2. The van der Waals surface area contributed by atoms with Crippen molar-refractivity contribution in [3.63, 3.8) is 0 Å². The standard InChI is InChI=1S/C19H16N4O4S/c1-12(18(24)22-10-9-13-5-2-3-8-16(13)22)28-19-21-20-17(27-19)14-6-4-7-15(11-14)23(25)26/h2-8,11-12H,9-10H2,1H3/t12-/m1/s1. The van der Waals surface area contributed by atoms with Crippen LogP contribution in [0.15, 0.2) is 58.2 Å². The molecule has 0 fully saturated rings. The number of carbonyl (C=O) groups excluding carboxylic acids is 1. The summed E-state index contributed by atoms with van der Waals surface area (Å²) >= 11 is 1.17. The van der Waals surface area contributed by atoms with Crippen molar-refractivity contribution in [3.05, 3.63) is 64.2 Å². The molecule has 1 aliphatic rings. The average molecular weight is 396 g/mol. The topological polar surface area (TPSA) is 102 Å². The number of aromatic nitrogens is 2. The lowest BCUT2D eigenvalue weighted by atomic mass is 10.2. The first-order valence-corrected chi connectivity index (χ1v) is 9.55. The zero-order valence-electron chi connectivity index (χ0n) is 14.9. The van der Waals surface area contributed by atoms with Gasteiger partial charge in [0, 0.05) is 29.9 Å². The maximum absolute atomic E-state index is 12.8. The molecular formula is C19H16N4O4S. The Morgan fingerprint density at radius 1 is 1.25 bits per heavy atom. The molecule has 142 valence electrons. The van der Waals surface area contributed by atoms with Gasteiger partial charge in [0.05, 0.1) is 10.2 Å². The van der Waals surface area contributed by atoms with Crippen molar-refractivity contribution in [2.24, 2.45) is 0 Å². The molecule has 1 aromatic heterocycles. The molecule has 2 aromatic carbocycles. The highest BCUT2D eigenvalue weighted by Gasteiger charge is 2.29. The number of rotatable bonds is 5. The number of fused-ring (bicyclic) bond motifs is 1. The van der Waals surface area contributed by atoms with Crippen molar-refractivity contribution in [3.8, 4) is 11.5 Å². The molecule has 0 radical (unpaired) electrons. The lowest BCUT2D eigenvalue weighted by Crippen LogP contribution is -2.35. The molecule has 0 bridgehead atoms. The molecule has 1 aliphatic heterocycles. The molecule has 4 rings (SSSR count). The number of hydrogen-bond acceptors (Lipinski definition) is 7. The summed E-state index contributed by atoms with van der Waals surface area (Å²) < 4.78 is 5.60. The molecule has 0 spiro atoms. The molecule has 9 heteroatoms. The van der Waals surface area contributed by atoms with Crippen molar-refractivity contribution in [2.45, 2.75) is 23.8 Å². The van der Waals surface area contributed by atoms with Gasteiger partial charge in [-0.15, -0.1) is 10.2 Å². The molecule has 28 heavy (non-hydrogen) atoms. The van der Waals surface area contributed by atoms with E-state index in [2.05, 4.69) is 10.2 Å². The maximum Gasteiger partial charge on any atom is 0.277 e. The van der Waals surface area contributed by atoms with Crippen LogP contribution in [0.1, 0.15) is 12.5 Å². The third-order valence-corrected chi connectivity index (χ3v) is 5.41. The van der Waals surface area contributed by atoms with Gasteiger partial charge in [0.15, 0.2) is 0 Å². The summed E-state index contributed by atoms with van der Waals surface area (Å²) in [7, 11) is 0. The molecule has 2 heterocycles. The van der Waals surface area contributed by atoms with E-state index in [-0.39, 0.29) is 22.7 Å². The monoisotopic (exact) mass is 396 g/mol. The fourth-order valence-electron chi connectivity index (χ4n) is 3.11. The minimum absolute atomic E-state index is 0.0231. The van der Waals surface area contributed by atoms with E-state index in [1.54, 1.807) is 24.0 Å². The normalized spacial score (nSPS) is 14.0. The number of benzene rings is 2. The van der Waals surface area contributed by atoms with E-state index in [1.807, 2.05) is 24.3 Å². The predicted molar refractivity (Wildman–Crippen MR) is 104 cm³/mol. The van der Waals surface area contributed by atoms with E-state index in [1.165, 1.54) is 29.5 Å². The summed E-state index contributed by atoms with van der Waals surface area (Å²) in [6.07, 6.45) is 0.844. The van der Waals surface area contributed by atoms with Gasteiger partial charge in [-0.05, 0) is 31.0 Å². The van der Waals surface area contributed by atoms with E-state index >= 15 is 0 Å². The van der Waals surface area contributed by atoms with Gasteiger partial charge < -0.3 is 9.32 Å². The van der Waals surface area contributed by atoms with Crippen LogP contribution in [0.2, 0.25) is 0 Å². The number of thioether (sulfide) groups is 1. The molecule has 1 atom stereocenters. The van der Waals surface area contributed by atoms with E-state index in [4.69, 9.17) is 4.42 Å². The van der Waals surface area contributed by atoms with Gasteiger partial charge in [-0.2, -0.15) is 0 Å². The van der Waals surface area contributed by atoms with Crippen molar-refractivity contribution in [1.29, 1.82) is 0 Å². The van der Waals surface area contributed by atoms with Crippen molar-refractivity contribution >= 4 is 29.0 Å². The third kappa shape index (κ3) is 3.48. The molecule has 0 unspecified atom stereocenters. The van der Waals surface area contributed by atoms with Crippen molar-refractivity contribution < 1.29 is 14.1 Å². The smallest absolute Gasteiger partial charge is 0.277 e. The van der Waals surface area contributed by atoms with Crippen LogP contribution >= 0.6 is 11.8 Å². The Morgan fingerprint density at radius 3 is 2.89 bits per heavy atom. The van der Waals surface area contributed by atoms with Crippen molar-refractivity contribution in [1.82, 2.24) is 10.2 Å². The molecule has 1 amide bonds. The Balaban J connectivity index is 1.47. The number of nitro benzene ring substituents is 1. The second-order valence-corrected chi connectivity index (χ2v) is 7.60. The van der Waals surface area contributed by atoms with Gasteiger partial charge in [-0.3, -0.25) is 14.9 Å². The fourth-order valence-corrected chi connectivity index (χ4v) is 3.86. The number of nitrogens with zero attached hydrogens (tertiary/aromatic N) is 4. The number of nitro groups is 1. The van der Waals surface area contributed by atoms with Gasteiger partial charge in [0.2, 0.25) is 11.8 Å². The second kappa shape index (κ2) is 7.43. The van der Waals surface area contributed by atoms with Crippen LogP contribution in [-0.2, 0) is 11.2 Å².